The van der Waals surface area contributed by atoms with E-state index in [-0.39, 0.29) is 5.91 Å². The molecule has 100 valence electrons. The maximum absolute atomic E-state index is 12.0. The summed E-state index contributed by atoms with van der Waals surface area (Å²) in [6, 6.07) is 0.376. The van der Waals surface area contributed by atoms with Crippen molar-refractivity contribution in [2.45, 2.75) is 52.0 Å². The topological polar surface area (TPSA) is 44.9 Å². The van der Waals surface area contributed by atoms with E-state index in [4.69, 9.17) is 12.2 Å². The maximum Gasteiger partial charge on any atom is 0.225 e. The quantitative estimate of drug-likeness (QED) is 0.836. The second kappa shape index (κ2) is 5.97. The number of H-pyrrole nitrogens is 1. The van der Waals surface area contributed by atoms with Crippen molar-refractivity contribution in [3.8, 4) is 0 Å². The maximum atomic E-state index is 12.0. The Morgan fingerprint density at radius 1 is 1.44 bits per heavy atom. The molecule has 1 aromatic rings. The number of thiazole rings is 1. The third kappa shape index (κ3) is 3.65. The molecule has 1 aliphatic carbocycles. The van der Waals surface area contributed by atoms with Gasteiger partial charge in [0.1, 0.15) is 0 Å². The number of aromatic nitrogens is 1. The van der Waals surface area contributed by atoms with Crippen LogP contribution in [0.5, 0.6) is 0 Å². The Kier molecular flexibility index (Phi) is 4.56. The Morgan fingerprint density at radius 3 is 2.67 bits per heavy atom. The summed E-state index contributed by atoms with van der Waals surface area (Å²) in [5.74, 6) is 0.943. The summed E-state index contributed by atoms with van der Waals surface area (Å²) >= 11 is 6.58. The first-order chi connectivity index (χ1) is 8.54. The van der Waals surface area contributed by atoms with Crippen LogP contribution in [-0.4, -0.2) is 16.9 Å². The third-order valence-electron chi connectivity index (χ3n) is 3.63. The van der Waals surface area contributed by atoms with Gasteiger partial charge in [0.2, 0.25) is 5.91 Å². The number of aryl methyl sites for hydroxylation is 1. The van der Waals surface area contributed by atoms with Gasteiger partial charge >= 0.3 is 0 Å². The van der Waals surface area contributed by atoms with Gasteiger partial charge < -0.3 is 10.3 Å². The molecule has 1 saturated carbocycles. The van der Waals surface area contributed by atoms with Crippen molar-refractivity contribution in [3.63, 3.8) is 0 Å². The highest BCUT2D eigenvalue weighted by molar-refractivity contribution is 7.73. The molecule has 18 heavy (non-hydrogen) atoms. The minimum atomic E-state index is 0.128. The van der Waals surface area contributed by atoms with E-state index in [1.165, 1.54) is 24.2 Å². The van der Waals surface area contributed by atoms with E-state index < -0.39 is 0 Å². The second-order valence-electron chi connectivity index (χ2n) is 5.26. The molecule has 0 bridgehead atoms. The normalized spacial score (nSPS) is 23.9. The molecule has 3 nitrogen and oxygen atoms in total. The lowest BCUT2D eigenvalue weighted by Gasteiger charge is -2.26. The van der Waals surface area contributed by atoms with Crippen LogP contribution in [0.25, 0.3) is 0 Å². The van der Waals surface area contributed by atoms with Crippen LogP contribution >= 0.6 is 23.6 Å². The summed E-state index contributed by atoms with van der Waals surface area (Å²) in [6.45, 7) is 4.26. The number of hydrogen-bond acceptors (Lipinski definition) is 3. The molecule has 0 spiro atoms. The number of amides is 1. The fourth-order valence-corrected chi connectivity index (χ4v) is 3.72. The Morgan fingerprint density at radius 2 is 2.11 bits per heavy atom. The third-order valence-corrected chi connectivity index (χ3v) is 4.96. The van der Waals surface area contributed by atoms with Crippen molar-refractivity contribution in [1.82, 2.24) is 10.3 Å². The number of carbonyl (C=O) groups excluding carboxylic acids is 1. The van der Waals surface area contributed by atoms with Gasteiger partial charge in [-0.25, -0.2) is 0 Å². The van der Waals surface area contributed by atoms with Gasteiger partial charge in [0.05, 0.1) is 6.42 Å². The van der Waals surface area contributed by atoms with Crippen LogP contribution in [0.2, 0.25) is 0 Å². The summed E-state index contributed by atoms with van der Waals surface area (Å²) in [4.78, 5) is 16.1. The van der Waals surface area contributed by atoms with Crippen LogP contribution in [0, 0.1) is 16.8 Å². The molecule has 2 N–H and O–H groups in total. The van der Waals surface area contributed by atoms with Crippen LogP contribution < -0.4 is 5.32 Å². The van der Waals surface area contributed by atoms with Crippen LogP contribution in [-0.2, 0) is 11.2 Å². The van der Waals surface area contributed by atoms with Crippen molar-refractivity contribution in [2.24, 2.45) is 5.92 Å². The minimum Gasteiger partial charge on any atom is -0.353 e. The largest absolute Gasteiger partial charge is 0.353 e. The van der Waals surface area contributed by atoms with Gasteiger partial charge in [0.25, 0.3) is 0 Å². The molecule has 0 aliphatic heterocycles. The lowest BCUT2D eigenvalue weighted by molar-refractivity contribution is -0.121. The molecule has 0 atom stereocenters. The molecule has 1 aliphatic rings. The van der Waals surface area contributed by atoms with E-state index in [2.05, 4.69) is 17.2 Å². The van der Waals surface area contributed by atoms with Gasteiger partial charge in [0.15, 0.2) is 3.95 Å². The van der Waals surface area contributed by atoms with Gasteiger partial charge in [-0.05, 0) is 50.7 Å². The molecule has 0 saturated heterocycles. The number of hydrogen-bond donors (Lipinski definition) is 2. The summed E-state index contributed by atoms with van der Waals surface area (Å²) in [5, 5.41) is 3.14. The summed E-state index contributed by atoms with van der Waals surface area (Å²) in [6.07, 6.45) is 5.15. The number of carbonyl (C=O) groups is 1. The Labute approximate surface area is 117 Å². The molecule has 0 unspecified atom stereocenters. The average molecular weight is 284 g/mol. The molecular weight excluding hydrogens is 264 g/mol. The van der Waals surface area contributed by atoms with E-state index >= 15 is 0 Å². The number of aromatic amines is 1. The highest BCUT2D eigenvalue weighted by atomic mass is 32.1. The zero-order valence-electron chi connectivity index (χ0n) is 10.9. The van der Waals surface area contributed by atoms with Crippen LogP contribution in [0.4, 0.5) is 0 Å². The highest BCUT2D eigenvalue weighted by Gasteiger charge is 2.20. The lowest BCUT2D eigenvalue weighted by Crippen LogP contribution is -2.38. The average Bonchev–Trinajstić information content (AvgIpc) is 2.61. The highest BCUT2D eigenvalue weighted by Crippen LogP contribution is 2.23. The predicted octanol–water partition coefficient (Wildman–Crippen LogP) is 3.35. The van der Waals surface area contributed by atoms with Gasteiger partial charge in [-0.3, -0.25) is 4.79 Å². The second-order valence-corrected chi connectivity index (χ2v) is 7.04. The van der Waals surface area contributed by atoms with Gasteiger partial charge in [-0.15, -0.1) is 11.3 Å². The van der Waals surface area contributed by atoms with E-state index in [0.29, 0.717) is 12.5 Å². The van der Waals surface area contributed by atoms with E-state index in [0.717, 1.165) is 33.3 Å². The molecule has 1 fully saturated rings. The molecule has 1 heterocycles. The van der Waals surface area contributed by atoms with Crippen molar-refractivity contribution in [1.29, 1.82) is 0 Å². The molecule has 1 amide bonds. The smallest absolute Gasteiger partial charge is 0.225 e. The zero-order chi connectivity index (χ0) is 13.1. The van der Waals surface area contributed by atoms with Crippen LogP contribution in [0.15, 0.2) is 0 Å². The fraction of sp³-hybridized carbons (Fsp3) is 0.692. The lowest BCUT2D eigenvalue weighted by atomic mass is 9.87. The summed E-state index contributed by atoms with van der Waals surface area (Å²) < 4.78 is 0.752. The standard InChI is InChI=1S/C13H20N2OS2/c1-8-3-5-10(6-4-8)15-12(16)7-11-9(2)14-13(17)18-11/h8,10H,3-7H2,1-2H3,(H,14,17)(H,15,16). The SMILES string of the molecule is Cc1[nH]c(=S)sc1CC(=O)NC1CCC(C)CC1. The molecule has 5 heteroatoms. The molecule has 1 aromatic heterocycles. The molecule has 0 aromatic carbocycles. The molecule has 0 radical (unpaired) electrons. The molecular formula is C13H20N2OS2. The van der Waals surface area contributed by atoms with E-state index in [9.17, 15) is 4.79 Å². The number of rotatable bonds is 3. The Bertz CT molecular complexity index is 470. The van der Waals surface area contributed by atoms with E-state index in [1.54, 1.807) is 0 Å². The van der Waals surface area contributed by atoms with E-state index in [1.807, 2.05) is 6.92 Å². The van der Waals surface area contributed by atoms with Gasteiger partial charge in [0, 0.05) is 16.6 Å². The van der Waals surface area contributed by atoms with Crippen molar-refractivity contribution in [3.05, 3.63) is 14.5 Å². The van der Waals surface area contributed by atoms with Crippen molar-refractivity contribution >= 4 is 29.5 Å². The first kappa shape index (κ1) is 13.7. The number of nitrogens with one attached hydrogen (secondary N) is 2. The zero-order valence-corrected chi connectivity index (χ0v) is 12.5. The van der Waals surface area contributed by atoms with Gasteiger partial charge in [-0.2, -0.15) is 0 Å². The summed E-state index contributed by atoms with van der Waals surface area (Å²) in [5.41, 5.74) is 1.03. The van der Waals surface area contributed by atoms with Crippen molar-refractivity contribution < 1.29 is 4.79 Å². The minimum absolute atomic E-state index is 0.128. The predicted molar refractivity (Wildman–Crippen MR) is 77.5 cm³/mol. The first-order valence-corrected chi connectivity index (χ1v) is 7.75. The first-order valence-electron chi connectivity index (χ1n) is 6.52. The fourth-order valence-electron chi connectivity index (χ4n) is 2.43. The Balaban J connectivity index is 1.85. The van der Waals surface area contributed by atoms with Crippen molar-refractivity contribution in [2.75, 3.05) is 0 Å². The van der Waals surface area contributed by atoms with Gasteiger partial charge in [-0.1, -0.05) is 6.92 Å². The van der Waals surface area contributed by atoms with Crippen LogP contribution in [0.1, 0.15) is 43.2 Å². The monoisotopic (exact) mass is 284 g/mol. The Hall–Kier alpha value is -0.680. The molecule has 2 rings (SSSR count). The summed E-state index contributed by atoms with van der Waals surface area (Å²) in [7, 11) is 0. The van der Waals surface area contributed by atoms with Crippen LogP contribution in [0.3, 0.4) is 0 Å².